The molecule has 1 atom stereocenters. The molecule has 5 nitrogen and oxygen atoms in total. The fourth-order valence-electron chi connectivity index (χ4n) is 3.17. The molecule has 1 aliphatic rings. The predicted octanol–water partition coefficient (Wildman–Crippen LogP) is 2.51. The van der Waals surface area contributed by atoms with E-state index >= 15 is 0 Å². The normalized spacial score (nSPS) is 18.8. The fraction of sp³-hybridized carbons (Fsp3) is 0.333. The highest BCUT2D eigenvalue weighted by Crippen LogP contribution is 2.32. The van der Waals surface area contributed by atoms with Crippen molar-refractivity contribution >= 4 is 10.0 Å². The first-order chi connectivity index (χ1) is 11.6. The van der Waals surface area contributed by atoms with Gasteiger partial charge < -0.3 is 5.11 Å². The average Bonchev–Trinajstić information content (AvgIpc) is 3.05. The van der Waals surface area contributed by atoms with Crippen LogP contribution in [0.15, 0.2) is 59.5 Å². The maximum atomic E-state index is 12.2. The Bertz CT molecular complexity index is 761. The van der Waals surface area contributed by atoms with E-state index < -0.39 is 10.0 Å². The highest BCUT2D eigenvalue weighted by Gasteiger charge is 2.26. The summed E-state index contributed by atoms with van der Waals surface area (Å²) in [6.45, 7) is 2.00. The zero-order valence-electron chi connectivity index (χ0n) is 13.4. The summed E-state index contributed by atoms with van der Waals surface area (Å²) in [5.41, 5.74) is 1.16. The minimum atomic E-state index is -3.45. The molecule has 0 aliphatic carbocycles. The van der Waals surface area contributed by atoms with Crippen molar-refractivity contribution in [3.63, 3.8) is 0 Å². The highest BCUT2D eigenvalue weighted by molar-refractivity contribution is 7.89. The number of hydrogen-bond acceptors (Lipinski definition) is 4. The van der Waals surface area contributed by atoms with Crippen LogP contribution in [0.1, 0.15) is 24.4 Å². The lowest BCUT2D eigenvalue weighted by atomic mass is 10.0. The second kappa shape index (κ2) is 7.34. The van der Waals surface area contributed by atoms with Crippen LogP contribution >= 0.6 is 0 Å². The molecule has 128 valence electrons. The number of phenolic OH excluding ortho intramolecular Hbond substituents is 1. The number of aromatic hydroxyl groups is 1. The van der Waals surface area contributed by atoms with E-state index in [-0.39, 0.29) is 11.8 Å². The van der Waals surface area contributed by atoms with Gasteiger partial charge in [0.1, 0.15) is 5.75 Å². The third-order valence-electron chi connectivity index (χ3n) is 4.39. The number of likely N-dealkylation sites (tertiary alicyclic amines) is 1. The molecule has 0 bridgehead atoms. The SMILES string of the molecule is O=S(=O)(NCCN1CCCC1c1ccc(O)cc1)c1ccccc1. The van der Waals surface area contributed by atoms with Crippen LogP contribution < -0.4 is 4.72 Å². The highest BCUT2D eigenvalue weighted by atomic mass is 32.2. The summed E-state index contributed by atoms with van der Waals surface area (Å²) in [5.74, 6) is 0.263. The van der Waals surface area contributed by atoms with Crippen LogP contribution in [0, 0.1) is 0 Å². The van der Waals surface area contributed by atoms with Crippen LogP contribution in [0.25, 0.3) is 0 Å². The summed E-state index contributed by atoms with van der Waals surface area (Å²) in [4.78, 5) is 2.58. The summed E-state index contributed by atoms with van der Waals surface area (Å²) in [6.07, 6.45) is 2.15. The van der Waals surface area contributed by atoms with Gasteiger partial charge in [0.05, 0.1) is 4.90 Å². The smallest absolute Gasteiger partial charge is 0.240 e. The lowest BCUT2D eigenvalue weighted by Crippen LogP contribution is -2.34. The van der Waals surface area contributed by atoms with Crippen molar-refractivity contribution < 1.29 is 13.5 Å². The lowest BCUT2D eigenvalue weighted by Gasteiger charge is -2.25. The van der Waals surface area contributed by atoms with Crippen LogP contribution in [-0.2, 0) is 10.0 Å². The molecule has 2 aromatic carbocycles. The van der Waals surface area contributed by atoms with Crippen LogP contribution in [0.2, 0.25) is 0 Å². The second-order valence-electron chi connectivity index (χ2n) is 6.00. The van der Waals surface area contributed by atoms with Gasteiger partial charge in [0.25, 0.3) is 0 Å². The topological polar surface area (TPSA) is 69.6 Å². The van der Waals surface area contributed by atoms with Crippen molar-refractivity contribution in [3.8, 4) is 5.75 Å². The maximum absolute atomic E-state index is 12.2. The van der Waals surface area contributed by atoms with Crippen LogP contribution in [0.5, 0.6) is 5.75 Å². The predicted molar refractivity (Wildman–Crippen MR) is 93.3 cm³/mol. The number of sulfonamides is 1. The molecule has 1 unspecified atom stereocenters. The molecule has 6 heteroatoms. The van der Waals surface area contributed by atoms with E-state index in [1.54, 1.807) is 42.5 Å². The fourth-order valence-corrected chi connectivity index (χ4v) is 4.22. The molecule has 0 amide bonds. The Morgan fingerprint density at radius 3 is 2.50 bits per heavy atom. The Morgan fingerprint density at radius 2 is 1.79 bits per heavy atom. The van der Waals surface area contributed by atoms with Gasteiger partial charge in [-0.15, -0.1) is 0 Å². The van der Waals surface area contributed by atoms with E-state index in [4.69, 9.17) is 0 Å². The first kappa shape index (κ1) is 17.0. The van der Waals surface area contributed by atoms with Crippen LogP contribution in [-0.4, -0.2) is 38.1 Å². The molecule has 0 saturated carbocycles. The first-order valence-corrected chi connectivity index (χ1v) is 9.62. The number of nitrogens with one attached hydrogen (secondary N) is 1. The van der Waals surface area contributed by atoms with Gasteiger partial charge in [-0.3, -0.25) is 4.90 Å². The Labute approximate surface area is 143 Å². The van der Waals surface area contributed by atoms with Crippen LogP contribution in [0.3, 0.4) is 0 Å². The second-order valence-corrected chi connectivity index (χ2v) is 7.76. The molecule has 0 radical (unpaired) electrons. The van der Waals surface area contributed by atoms with Gasteiger partial charge in [-0.25, -0.2) is 13.1 Å². The zero-order chi connectivity index (χ0) is 17.0. The summed E-state index contributed by atoms with van der Waals surface area (Å²) in [6, 6.07) is 16.0. The molecule has 24 heavy (non-hydrogen) atoms. The van der Waals surface area contributed by atoms with E-state index in [2.05, 4.69) is 9.62 Å². The molecule has 1 heterocycles. The molecule has 1 aliphatic heterocycles. The summed E-state index contributed by atoms with van der Waals surface area (Å²) in [7, 11) is -3.45. The van der Waals surface area contributed by atoms with Crippen molar-refractivity contribution in [2.24, 2.45) is 0 Å². The summed E-state index contributed by atoms with van der Waals surface area (Å²) in [5, 5.41) is 9.41. The van der Waals surface area contributed by atoms with E-state index in [1.807, 2.05) is 12.1 Å². The Morgan fingerprint density at radius 1 is 1.08 bits per heavy atom. The minimum Gasteiger partial charge on any atom is -0.508 e. The average molecular weight is 346 g/mol. The van der Waals surface area contributed by atoms with E-state index in [1.165, 1.54) is 0 Å². The summed E-state index contributed by atoms with van der Waals surface area (Å²) >= 11 is 0. The minimum absolute atomic E-state index is 0.263. The number of nitrogens with zero attached hydrogens (tertiary/aromatic N) is 1. The number of phenols is 1. The quantitative estimate of drug-likeness (QED) is 0.843. The van der Waals surface area contributed by atoms with Crippen molar-refractivity contribution in [3.05, 3.63) is 60.2 Å². The third kappa shape index (κ3) is 3.95. The maximum Gasteiger partial charge on any atom is 0.240 e. The van der Waals surface area contributed by atoms with Crippen molar-refractivity contribution in [2.75, 3.05) is 19.6 Å². The van der Waals surface area contributed by atoms with Gasteiger partial charge in [-0.2, -0.15) is 0 Å². The molecule has 3 rings (SSSR count). The number of benzene rings is 2. The molecular weight excluding hydrogens is 324 g/mol. The summed E-state index contributed by atoms with van der Waals surface area (Å²) < 4.78 is 27.1. The lowest BCUT2D eigenvalue weighted by molar-refractivity contribution is 0.261. The van der Waals surface area contributed by atoms with Gasteiger partial charge in [0.2, 0.25) is 10.0 Å². The largest absolute Gasteiger partial charge is 0.508 e. The molecule has 2 N–H and O–H groups in total. The molecule has 1 fully saturated rings. The van der Waals surface area contributed by atoms with Crippen LogP contribution in [0.4, 0.5) is 0 Å². The Hall–Kier alpha value is -1.89. The molecule has 0 spiro atoms. The van der Waals surface area contributed by atoms with Crippen molar-refractivity contribution in [1.82, 2.24) is 9.62 Å². The van der Waals surface area contributed by atoms with Crippen molar-refractivity contribution in [2.45, 2.75) is 23.8 Å². The van der Waals surface area contributed by atoms with Gasteiger partial charge in [-0.05, 0) is 49.2 Å². The van der Waals surface area contributed by atoms with E-state index in [0.717, 1.165) is 24.9 Å². The van der Waals surface area contributed by atoms with Gasteiger partial charge >= 0.3 is 0 Å². The third-order valence-corrected chi connectivity index (χ3v) is 5.86. The Balaban J connectivity index is 1.59. The van der Waals surface area contributed by atoms with Gasteiger partial charge in [0, 0.05) is 19.1 Å². The molecular formula is C18H22N2O3S. The molecule has 0 aromatic heterocycles. The van der Waals surface area contributed by atoms with E-state index in [9.17, 15) is 13.5 Å². The van der Waals surface area contributed by atoms with Gasteiger partial charge in [-0.1, -0.05) is 30.3 Å². The Kier molecular flexibility index (Phi) is 5.18. The number of hydrogen-bond donors (Lipinski definition) is 2. The van der Waals surface area contributed by atoms with Gasteiger partial charge in [0.15, 0.2) is 0 Å². The molecule has 1 saturated heterocycles. The zero-order valence-corrected chi connectivity index (χ0v) is 14.2. The monoisotopic (exact) mass is 346 g/mol. The molecule has 2 aromatic rings. The first-order valence-electron chi connectivity index (χ1n) is 8.14. The van der Waals surface area contributed by atoms with Crippen molar-refractivity contribution in [1.29, 1.82) is 0 Å². The number of rotatable bonds is 6. The van der Waals surface area contributed by atoms with E-state index in [0.29, 0.717) is 18.0 Å². The standard InChI is InChI=1S/C18H22N2O3S/c21-16-10-8-15(9-11-16)18-7-4-13-20(18)14-12-19-24(22,23)17-5-2-1-3-6-17/h1-3,5-6,8-11,18-19,21H,4,7,12-14H2.